The lowest BCUT2D eigenvalue weighted by molar-refractivity contribution is -0.148. The van der Waals surface area contributed by atoms with E-state index in [2.05, 4.69) is 20.8 Å². The van der Waals surface area contributed by atoms with Crippen molar-refractivity contribution in [1.29, 1.82) is 0 Å². The van der Waals surface area contributed by atoms with Crippen LogP contribution in [0.15, 0.2) is 12.1 Å². The maximum absolute atomic E-state index is 14.5. The Morgan fingerprint density at radius 1 is 0.977 bits per heavy atom. The number of nitrogens with one attached hydrogen (secondary N) is 2. The first kappa shape index (κ1) is 33.6. The summed E-state index contributed by atoms with van der Waals surface area (Å²) < 4.78 is 87.7. The average Bonchev–Trinajstić information content (AvgIpc) is 3.29. The first-order chi connectivity index (χ1) is 19.8. The Morgan fingerprint density at radius 3 is 2.23 bits per heavy atom. The molecule has 2 unspecified atom stereocenters. The van der Waals surface area contributed by atoms with E-state index in [1.54, 1.807) is 34.6 Å². The van der Waals surface area contributed by atoms with E-state index < -0.39 is 77.9 Å². The molecule has 0 aliphatic carbocycles. The normalized spacial score (nSPS) is 15.1. The molecule has 3 rings (SSSR count). The van der Waals surface area contributed by atoms with E-state index in [1.807, 2.05) is 0 Å². The highest BCUT2D eigenvalue weighted by Crippen LogP contribution is 2.29. The predicted molar refractivity (Wildman–Crippen MR) is 140 cm³/mol. The van der Waals surface area contributed by atoms with Crippen LogP contribution in [0.2, 0.25) is 0 Å². The second-order valence-corrected chi connectivity index (χ2v) is 11.7. The molecule has 2 atom stereocenters. The van der Waals surface area contributed by atoms with Gasteiger partial charge in [0.25, 0.3) is 0 Å². The lowest BCUT2D eigenvalue weighted by atomic mass is 9.99. The quantitative estimate of drug-likeness (QED) is 0.322. The standard InChI is InChI=1S/C27H34F6N6O4/c1-14(2)8-20(35-25(42)43-26(3,4)5)23(41)34-16(9-15-10-18(29)19(30)12-17(15)28)11-22(40)38-6-7-39-21(13-38)36-37-24(39)27(31,32)33/h10,12,14,16,20H,6-9,11,13H2,1-5H3,(H,34,41)(H,35,42). The number of alkyl carbamates (subject to hydrolysis) is 1. The largest absolute Gasteiger partial charge is 0.451 e. The highest BCUT2D eigenvalue weighted by Gasteiger charge is 2.40. The molecule has 238 valence electrons. The van der Waals surface area contributed by atoms with Crippen molar-refractivity contribution in [3.05, 3.63) is 46.8 Å². The fourth-order valence-corrected chi connectivity index (χ4v) is 4.53. The summed E-state index contributed by atoms with van der Waals surface area (Å²) in [6.07, 6.45) is -6.37. The molecule has 43 heavy (non-hydrogen) atoms. The maximum atomic E-state index is 14.5. The summed E-state index contributed by atoms with van der Waals surface area (Å²) in [6, 6.07) is -1.36. The Morgan fingerprint density at radius 2 is 1.63 bits per heavy atom. The zero-order valence-corrected chi connectivity index (χ0v) is 24.3. The van der Waals surface area contributed by atoms with Crippen LogP contribution in [0, 0.1) is 23.4 Å². The molecule has 2 heterocycles. The minimum absolute atomic E-state index is 0.0818. The third-order valence-electron chi connectivity index (χ3n) is 6.40. The molecule has 1 aliphatic heterocycles. The van der Waals surface area contributed by atoms with Gasteiger partial charge in [0.05, 0.1) is 6.54 Å². The first-order valence-corrected chi connectivity index (χ1v) is 13.5. The molecular weight excluding hydrogens is 586 g/mol. The van der Waals surface area contributed by atoms with Crippen molar-refractivity contribution >= 4 is 17.9 Å². The molecule has 0 fully saturated rings. The number of benzene rings is 1. The molecule has 0 spiro atoms. The van der Waals surface area contributed by atoms with Gasteiger partial charge in [-0.25, -0.2) is 18.0 Å². The maximum Gasteiger partial charge on any atom is 0.451 e. The zero-order chi connectivity index (χ0) is 32.3. The molecule has 10 nitrogen and oxygen atoms in total. The summed E-state index contributed by atoms with van der Waals surface area (Å²) in [5.41, 5.74) is -1.19. The molecule has 0 saturated heterocycles. The lowest BCUT2D eigenvalue weighted by Crippen LogP contribution is -2.52. The average molecular weight is 621 g/mol. The van der Waals surface area contributed by atoms with Crippen molar-refractivity contribution in [2.45, 2.75) is 90.8 Å². The van der Waals surface area contributed by atoms with Gasteiger partial charge < -0.3 is 24.8 Å². The fraction of sp³-hybridized carbons (Fsp3) is 0.593. The molecule has 0 saturated carbocycles. The fourth-order valence-electron chi connectivity index (χ4n) is 4.53. The van der Waals surface area contributed by atoms with Gasteiger partial charge in [0.2, 0.25) is 17.6 Å². The number of alkyl halides is 3. The number of aromatic nitrogens is 3. The summed E-state index contributed by atoms with van der Waals surface area (Å²) in [7, 11) is 0. The highest BCUT2D eigenvalue weighted by molar-refractivity contribution is 5.86. The Bertz CT molecular complexity index is 1340. The molecule has 0 radical (unpaired) electrons. The van der Waals surface area contributed by atoms with Crippen LogP contribution < -0.4 is 10.6 Å². The van der Waals surface area contributed by atoms with Gasteiger partial charge in [0, 0.05) is 31.6 Å². The summed E-state index contributed by atoms with van der Waals surface area (Å²) in [5, 5.41) is 11.8. The predicted octanol–water partition coefficient (Wildman–Crippen LogP) is 4.11. The van der Waals surface area contributed by atoms with Crippen molar-refractivity contribution < 1.29 is 45.5 Å². The number of fused-ring (bicyclic) bond motifs is 1. The SMILES string of the molecule is CC(C)CC(NC(=O)OC(C)(C)C)C(=O)NC(CC(=O)N1CCn2c(nnc2C(F)(F)F)C1)Cc1cc(F)c(F)cc1F. The monoisotopic (exact) mass is 620 g/mol. The minimum Gasteiger partial charge on any atom is -0.444 e. The Hall–Kier alpha value is -3.85. The van der Waals surface area contributed by atoms with Crippen LogP contribution in [0.5, 0.6) is 0 Å². The van der Waals surface area contributed by atoms with E-state index in [4.69, 9.17) is 4.74 Å². The Balaban J connectivity index is 1.82. The van der Waals surface area contributed by atoms with E-state index in [9.17, 15) is 40.7 Å². The van der Waals surface area contributed by atoms with Crippen LogP contribution in [-0.2, 0) is 40.0 Å². The number of halogens is 6. The van der Waals surface area contributed by atoms with Crippen molar-refractivity contribution in [3.63, 3.8) is 0 Å². The third-order valence-corrected chi connectivity index (χ3v) is 6.40. The second-order valence-electron chi connectivity index (χ2n) is 11.7. The van der Waals surface area contributed by atoms with E-state index in [-0.39, 0.29) is 43.4 Å². The number of rotatable bonds is 9. The van der Waals surface area contributed by atoms with Gasteiger partial charge in [-0.3, -0.25) is 9.59 Å². The molecule has 2 aromatic rings. The summed E-state index contributed by atoms with van der Waals surface area (Å²) >= 11 is 0. The van der Waals surface area contributed by atoms with Crippen LogP contribution in [0.4, 0.5) is 31.1 Å². The van der Waals surface area contributed by atoms with Crippen molar-refractivity contribution in [3.8, 4) is 0 Å². The molecule has 16 heteroatoms. The van der Waals surface area contributed by atoms with Gasteiger partial charge in [0.15, 0.2) is 17.5 Å². The second kappa shape index (κ2) is 13.2. The van der Waals surface area contributed by atoms with Gasteiger partial charge in [-0.05, 0) is 51.2 Å². The topological polar surface area (TPSA) is 118 Å². The summed E-state index contributed by atoms with van der Waals surface area (Å²) in [5.74, 6) is -6.62. The number of hydrogen-bond donors (Lipinski definition) is 2. The van der Waals surface area contributed by atoms with Crippen LogP contribution in [0.1, 0.15) is 64.7 Å². The number of hydrogen-bond acceptors (Lipinski definition) is 6. The van der Waals surface area contributed by atoms with Gasteiger partial charge >= 0.3 is 12.3 Å². The molecule has 1 aliphatic rings. The van der Waals surface area contributed by atoms with E-state index in [0.29, 0.717) is 12.1 Å². The number of nitrogens with zero attached hydrogens (tertiary/aromatic N) is 4. The smallest absolute Gasteiger partial charge is 0.444 e. The van der Waals surface area contributed by atoms with Crippen molar-refractivity contribution in [2.75, 3.05) is 6.54 Å². The van der Waals surface area contributed by atoms with Crippen LogP contribution in [-0.4, -0.2) is 61.8 Å². The summed E-state index contributed by atoms with van der Waals surface area (Å²) in [4.78, 5) is 40.2. The zero-order valence-electron chi connectivity index (χ0n) is 24.3. The molecular formula is C27H34F6N6O4. The van der Waals surface area contributed by atoms with Gasteiger partial charge in [-0.1, -0.05) is 13.8 Å². The number of carbonyl (C=O) groups excluding carboxylic acids is 3. The van der Waals surface area contributed by atoms with Crippen LogP contribution >= 0.6 is 0 Å². The van der Waals surface area contributed by atoms with Crippen LogP contribution in [0.25, 0.3) is 0 Å². The number of carbonyl (C=O) groups is 3. The minimum atomic E-state index is -4.73. The molecule has 2 N–H and O–H groups in total. The number of amides is 3. The highest BCUT2D eigenvalue weighted by atomic mass is 19.4. The van der Waals surface area contributed by atoms with Gasteiger partial charge in [0.1, 0.15) is 17.5 Å². The number of ether oxygens (including phenoxy) is 1. The van der Waals surface area contributed by atoms with Crippen molar-refractivity contribution in [1.82, 2.24) is 30.3 Å². The third kappa shape index (κ3) is 9.32. The van der Waals surface area contributed by atoms with Crippen molar-refractivity contribution in [2.24, 2.45) is 5.92 Å². The Kier molecular flexibility index (Phi) is 10.3. The molecule has 3 amide bonds. The van der Waals surface area contributed by atoms with E-state index in [0.717, 1.165) is 4.57 Å². The van der Waals surface area contributed by atoms with Crippen LogP contribution in [0.3, 0.4) is 0 Å². The van der Waals surface area contributed by atoms with Gasteiger partial charge in [-0.15, -0.1) is 10.2 Å². The van der Waals surface area contributed by atoms with E-state index in [1.165, 1.54) is 4.90 Å². The summed E-state index contributed by atoms with van der Waals surface area (Å²) in [6.45, 7) is 7.82. The first-order valence-electron chi connectivity index (χ1n) is 13.5. The molecule has 0 bridgehead atoms. The molecule has 1 aromatic carbocycles. The molecule has 1 aromatic heterocycles. The van der Waals surface area contributed by atoms with E-state index >= 15 is 0 Å². The Labute approximate surface area is 244 Å². The van der Waals surface area contributed by atoms with Gasteiger partial charge in [-0.2, -0.15) is 13.2 Å². The lowest BCUT2D eigenvalue weighted by Gasteiger charge is -2.30.